The lowest BCUT2D eigenvalue weighted by molar-refractivity contribution is 0.234. The van der Waals surface area contributed by atoms with Gasteiger partial charge in [0.1, 0.15) is 0 Å². The van der Waals surface area contributed by atoms with Crippen molar-refractivity contribution in [3.63, 3.8) is 0 Å². The molecule has 0 aliphatic carbocycles. The minimum Gasteiger partial charge on any atom is -0.370 e. The molecule has 140 valence electrons. The number of rotatable bonds is 5. The Balaban J connectivity index is 1.64. The molecule has 2 aromatic rings. The molecule has 0 spiro atoms. The van der Waals surface area contributed by atoms with Crippen molar-refractivity contribution in [1.29, 1.82) is 0 Å². The molecular weight excluding hydrogens is 358 g/mol. The summed E-state index contributed by atoms with van der Waals surface area (Å²) in [5.74, 6) is -3.39. The van der Waals surface area contributed by atoms with E-state index < -0.39 is 15.6 Å². The number of nitrogens with zero attached hydrogens (tertiary/aromatic N) is 2. The molecule has 0 unspecified atom stereocenters. The number of hydrogen-bond acceptors (Lipinski definition) is 4. The fourth-order valence-corrected chi connectivity index (χ4v) is 3.90. The molecule has 0 radical (unpaired) electrons. The molecule has 0 N–H and O–H groups in total. The van der Waals surface area contributed by atoms with Crippen molar-refractivity contribution in [2.24, 2.45) is 0 Å². The molecule has 1 aliphatic rings. The zero-order valence-electron chi connectivity index (χ0n) is 14.4. The van der Waals surface area contributed by atoms with Crippen molar-refractivity contribution in [3.8, 4) is 0 Å². The van der Waals surface area contributed by atoms with Gasteiger partial charge in [0.25, 0.3) is 0 Å². The molecule has 0 bridgehead atoms. The van der Waals surface area contributed by atoms with Crippen LogP contribution in [0, 0.1) is 0 Å². The van der Waals surface area contributed by atoms with Crippen LogP contribution in [-0.4, -0.2) is 45.3 Å². The van der Waals surface area contributed by atoms with Gasteiger partial charge in [0.2, 0.25) is 9.84 Å². The van der Waals surface area contributed by atoms with E-state index in [1.807, 2.05) is 18.2 Å². The Morgan fingerprint density at radius 3 is 2.23 bits per heavy atom. The predicted molar refractivity (Wildman–Crippen MR) is 98.2 cm³/mol. The standard InChI is InChI=1S/C19H22F2N2O2S/c20-19(21)26(24,25)18-9-7-17(8-10-18)23-12-4-11-22(13-14-23)15-16-5-2-1-3-6-16/h1-3,5-10,19H,4,11-15H2. The van der Waals surface area contributed by atoms with Crippen LogP contribution < -0.4 is 4.90 Å². The fourth-order valence-electron chi connectivity index (χ4n) is 3.18. The smallest absolute Gasteiger partial charge is 0.341 e. The van der Waals surface area contributed by atoms with Gasteiger partial charge in [-0.3, -0.25) is 4.90 Å². The van der Waals surface area contributed by atoms with Gasteiger partial charge < -0.3 is 4.90 Å². The van der Waals surface area contributed by atoms with Crippen LogP contribution >= 0.6 is 0 Å². The van der Waals surface area contributed by atoms with Crippen molar-refractivity contribution >= 4 is 15.5 Å². The van der Waals surface area contributed by atoms with Gasteiger partial charge in [-0.25, -0.2) is 8.42 Å². The summed E-state index contributed by atoms with van der Waals surface area (Å²) in [4.78, 5) is 4.23. The number of benzene rings is 2. The van der Waals surface area contributed by atoms with E-state index in [-0.39, 0.29) is 4.90 Å². The summed E-state index contributed by atoms with van der Waals surface area (Å²) in [5, 5.41) is 0. The number of hydrogen-bond donors (Lipinski definition) is 0. The first kappa shape index (κ1) is 18.8. The van der Waals surface area contributed by atoms with E-state index in [0.29, 0.717) is 0 Å². The predicted octanol–water partition coefficient (Wildman–Crippen LogP) is 3.40. The van der Waals surface area contributed by atoms with Crippen molar-refractivity contribution in [1.82, 2.24) is 4.90 Å². The van der Waals surface area contributed by atoms with Crippen molar-refractivity contribution in [2.45, 2.75) is 23.6 Å². The highest BCUT2D eigenvalue weighted by atomic mass is 32.2. The maximum absolute atomic E-state index is 12.6. The van der Waals surface area contributed by atoms with Crippen LogP contribution in [-0.2, 0) is 16.4 Å². The lowest BCUT2D eigenvalue weighted by Gasteiger charge is -2.24. The lowest BCUT2D eigenvalue weighted by Crippen LogP contribution is -2.30. The Kier molecular flexibility index (Phi) is 5.88. The summed E-state index contributed by atoms with van der Waals surface area (Å²) < 4.78 is 48.3. The molecule has 0 atom stereocenters. The zero-order chi connectivity index (χ0) is 18.6. The van der Waals surface area contributed by atoms with Gasteiger partial charge in [-0.2, -0.15) is 8.78 Å². The Hall–Kier alpha value is -1.99. The largest absolute Gasteiger partial charge is 0.370 e. The molecule has 3 rings (SSSR count). The molecule has 7 heteroatoms. The maximum Gasteiger partial charge on any atom is 0.341 e. The van der Waals surface area contributed by atoms with Crippen LogP contribution in [0.1, 0.15) is 12.0 Å². The van der Waals surface area contributed by atoms with E-state index in [2.05, 4.69) is 21.9 Å². The fraction of sp³-hybridized carbons (Fsp3) is 0.368. The molecule has 4 nitrogen and oxygen atoms in total. The summed E-state index contributed by atoms with van der Waals surface area (Å²) >= 11 is 0. The Labute approximate surface area is 153 Å². The third-order valence-electron chi connectivity index (χ3n) is 4.60. The third kappa shape index (κ3) is 4.40. The second kappa shape index (κ2) is 8.14. The quantitative estimate of drug-likeness (QED) is 0.797. The Bertz CT molecular complexity index is 811. The third-order valence-corrected chi connectivity index (χ3v) is 6.00. The van der Waals surface area contributed by atoms with Gasteiger partial charge in [0.05, 0.1) is 4.90 Å². The summed E-state index contributed by atoms with van der Waals surface area (Å²) in [6.45, 7) is 4.45. The van der Waals surface area contributed by atoms with Gasteiger partial charge in [0, 0.05) is 38.4 Å². The molecule has 1 fully saturated rings. The topological polar surface area (TPSA) is 40.6 Å². The number of halogens is 2. The summed E-state index contributed by atoms with van der Waals surface area (Å²) in [7, 11) is -4.54. The molecule has 0 aromatic heterocycles. The van der Waals surface area contributed by atoms with Gasteiger partial charge in [-0.15, -0.1) is 0 Å². The minimum absolute atomic E-state index is 0.336. The SMILES string of the molecule is O=S(=O)(c1ccc(N2CCCN(Cc3ccccc3)CC2)cc1)C(F)F. The van der Waals surface area contributed by atoms with E-state index in [9.17, 15) is 17.2 Å². The van der Waals surface area contributed by atoms with Crippen molar-refractivity contribution < 1.29 is 17.2 Å². The van der Waals surface area contributed by atoms with E-state index >= 15 is 0 Å². The zero-order valence-corrected chi connectivity index (χ0v) is 15.2. The molecule has 26 heavy (non-hydrogen) atoms. The second-order valence-corrected chi connectivity index (χ2v) is 8.32. The summed E-state index contributed by atoms with van der Waals surface area (Å²) in [6.07, 6.45) is 0.990. The van der Waals surface area contributed by atoms with Crippen LogP contribution in [0.4, 0.5) is 14.5 Å². The summed E-state index contributed by atoms with van der Waals surface area (Å²) in [6, 6.07) is 16.1. The first-order chi connectivity index (χ1) is 12.5. The van der Waals surface area contributed by atoms with E-state index in [1.54, 1.807) is 12.1 Å². The number of sulfone groups is 1. The lowest BCUT2D eigenvalue weighted by atomic mass is 10.2. The van der Waals surface area contributed by atoms with Crippen molar-refractivity contribution in [3.05, 3.63) is 60.2 Å². The molecule has 2 aromatic carbocycles. The molecule has 0 saturated carbocycles. The first-order valence-electron chi connectivity index (χ1n) is 8.60. The normalized spacial score (nSPS) is 16.7. The Morgan fingerprint density at radius 1 is 0.885 bits per heavy atom. The van der Waals surface area contributed by atoms with Crippen LogP contribution in [0.25, 0.3) is 0 Å². The molecule has 0 amide bonds. The summed E-state index contributed by atoms with van der Waals surface area (Å²) in [5.41, 5.74) is 2.14. The number of anilines is 1. The molecule has 1 heterocycles. The van der Waals surface area contributed by atoms with Gasteiger partial charge >= 0.3 is 5.76 Å². The maximum atomic E-state index is 12.6. The van der Waals surface area contributed by atoms with E-state index in [4.69, 9.17) is 0 Å². The average molecular weight is 380 g/mol. The minimum atomic E-state index is -4.54. The molecular formula is C19H22F2N2O2S. The van der Waals surface area contributed by atoms with Gasteiger partial charge in [0.15, 0.2) is 0 Å². The van der Waals surface area contributed by atoms with Gasteiger partial charge in [-0.05, 0) is 36.2 Å². The highest BCUT2D eigenvalue weighted by molar-refractivity contribution is 7.91. The highest BCUT2D eigenvalue weighted by Gasteiger charge is 2.26. The van der Waals surface area contributed by atoms with Gasteiger partial charge in [-0.1, -0.05) is 30.3 Å². The second-order valence-electron chi connectivity index (χ2n) is 6.40. The Morgan fingerprint density at radius 2 is 1.58 bits per heavy atom. The first-order valence-corrected chi connectivity index (χ1v) is 10.1. The van der Waals surface area contributed by atoms with E-state index in [0.717, 1.165) is 44.8 Å². The van der Waals surface area contributed by atoms with Crippen LogP contribution in [0.5, 0.6) is 0 Å². The average Bonchev–Trinajstić information content (AvgIpc) is 2.88. The van der Waals surface area contributed by atoms with Crippen LogP contribution in [0.3, 0.4) is 0 Å². The monoisotopic (exact) mass is 380 g/mol. The van der Waals surface area contributed by atoms with E-state index in [1.165, 1.54) is 17.7 Å². The molecule has 1 saturated heterocycles. The van der Waals surface area contributed by atoms with Crippen LogP contribution in [0.15, 0.2) is 59.5 Å². The number of alkyl halides is 2. The van der Waals surface area contributed by atoms with Crippen molar-refractivity contribution in [2.75, 3.05) is 31.1 Å². The van der Waals surface area contributed by atoms with Crippen LogP contribution in [0.2, 0.25) is 0 Å². The molecule has 1 aliphatic heterocycles. The highest BCUT2D eigenvalue weighted by Crippen LogP contribution is 2.23.